The van der Waals surface area contributed by atoms with Crippen LogP contribution in [-0.2, 0) is 9.53 Å². The number of aliphatic imine (C=N–C) groups is 1. The molecule has 2 atom stereocenters. The molecule has 0 saturated carbocycles. The Morgan fingerprint density at radius 2 is 1.86 bits per heavy atom. The monoisotopic (exact) mass is 413 g/mol. The fourth-order valence-electron chi connectivity index (χ4n) is 1.94. The van der Waals surface area contributed by atoms with Crippen LogP contribution in [0.1, 0.15) is 46.5 Å². The number of hydrogen-bond acceptors (Lipinski definition) is 3. The second-order valence-corrected chi connectivity index (χ2v) is 5.17. The van der Waals surface area contributed by atoms with Crippen LogP contribution in [0, 0.1) is 11.8 Å². The molecule has 21 heavy (non-hydrogen) atoms. The number of ether oxygens (including phenoxy) is 1. The first-order valence-corrected chi connectivity index (χ1v) is 7.61. The van der Waals surface area contributed by atoms with Gasteiger partial charge in [-0.15, -0.1) is 24.0 Å². The highest BCUT2D eigenvalue weighted by Gasteiger charge is 2.13. The molecule has 0 aromatic heterocycles. The molecule has 0 aromatic rings. The predicted octanol–water partition coefficient (Wildman–Crippen LogP) is 2.79. The van der Waals surface area contributed by atoms with Crippen molar-refractivity contribution < 1.29 is 9.53 Å². The van der Waals surface area contributed by atoms with Crippen LogP contribution in [0.5, 0.6) is 0 Å². The Kier molecular flexibility index (Phi) is 15.6. The van der Waals surface area contributed by atoms with Gasteiger partial charge in [0.15, 0.2) is 5.96 Å². The second kappa shape index (κ2) is 14.4. The third-order valence-corrected chi connectivity index (χ3v) is 3.50. The number of rotatable bonds is 9. The van der Waals surface area contributed by atoms with Crippen molar-refractivity contribution in [3.05, 3.63) is 0 Å². The third-order valence-electron chi connectivity index (χ3n) is 3.50. The van der Waals surface area contributed by atoms with Gasteiger partial charge in [0.05, 0.1) is 13.0 Å². The summed E-state index contributed by atoms with van der Waals surface area (Å²) in [6.07, 6.45) is 4.92. The molecular weight excluding hydrogens is 381 g/mol. The highest BCUT2D eigenvalue weighted by molar-refractivity contribution is 14.0. The standard InChI is InChI=1S/C15H31N3O2.HI/c1-6-8-9-13(7-2)11-18-15(16-4)17-10-12(3)14(19)20-5;/h12-13H,6-11H2,1-5H3,(H2,16,17,18);1H. The molecule has 0 aliphatic heterocycles. The van der Waals surface area contributed by atoms with E-state index in [1.807, 2.05) is 6.92 Å². The fraction of sp³-hybridized carbons (Fsp3) is 0.867. The largest absolute Gasteiger partial charge is 0.469 e. The Morgan fingerprint density at radius 1 is 1.24 bits per heavy atom. The van der Waals surface area contributed by atoms with E-state index < -0.39 is 0 Å². The van der Waals surface area contributed by atoms with E-state index in [1.54, 1.807) is 7.05 Å². The molecule has 2 unspecified atom stereocenters. The zero-order valence-corrected chi connectivity index (χ0v) is 16.4. The molecule has 5 nitrogen and oxygen atoms in total. The Morgan fingerprint density at radius 3 is 2.33 bits per heavy atom. The lowest BCUT2D eigenvalue weighted by molar-refractivity contribution is -0.144. The third kappa shape index (κ3) is 10.8. The Bertz CT molecular complexity index is 299. The van der Waals surface area contributed by atoms with Gasteiger partial charge in [-0.1, -0.05) is 40.0 Å². The minimum atomic E-state index is -0.206. The molecule has 0 saturated heterocycles. The quantitative estimate of drug-likeness (QED) is 0.264. The van der Waals surface area contributed by atoms with E-state index >= 15 is 0 Å². The van der Waals surface area contributed by atoms with Crippen LogP contribution in [0.15, 0.2) is 4.99 Å². The molecule has 0 radical (unpaired) electrons. The average molecular weight is 413 g/mol. The van der Waals surface area contributed by atoms with Crippen molar-refractivity contribution >= 4 is 35.9 Å². The normalized spacial score (nSPS) is 13.9. The van der Waals surface area contributed by atoms with Crippen molar-refractivity contribution in [1.29, 1.82) is 0 Å². The van der Waals surface area contributed by atoms with Gasteiger partial charge in [-0.05, 0) is 12.3 Å². The second-order valence-electron chi connectivity index (χ2n) is 5.17. The number of hydrogen-bond donors (Lipinski definition) is 2. The number of halogens is 1. The zero-order chi connectivity index (χ0) is 15.4. The maximum absolute atomic E-state index is 11.3. The Hall–Kier alpha value is -0.530. The van der Waals surface area contributed by atoms with Gasteiger partial charge in [0.25, 0.3) is 0 Å². The van der Waals surface area contributed by atoms with Crippen molar-refractivity contribution in [1.82, 2.24) is 10.6 Å². The molecule has 0 bridgehead atoms. The average Bonchev–Trinajstić information content (AvgIpc) is 2.48. The summed E-state index contributed by atoms with van der Waals surface area (Å²) in [6, 6.07) is 0. The molecule has 6 heteroatoms. The number of methoxy groups -OCH3 is 1. The van der Waals surface area contributed by atoms with Gasteiger partial charge in [0, 0.05) is 20.1 Å². The summed E-state index contributed by atoms with van der Waals surface area (Å²) in [5, 5.41) is 6.49. The van der Waals surface area contributed by atoms with Crippen molar-refractivity contribution in [3.8, 4) is 0 Å². The number of carbonyl (C=O) groups is 1. The molecule has 0 aliphatic carbocycles. The van der Waals surface area contributed by atoms with Gasteiger partial charge in [0.1, 0.15) is 0 Å². The van der Waals surface area contributed by atoms with E-state index in [2.05, 4.69) is 29.5 Å². The fourth-order valence-corrected chi connectivity index (χ4v) is 1.94. The summed E-state index contributed by atoms with van der Waals surface area (Å²) >= 11 is 0. The maximum atomic E-state index is 11.3. The van der Waals surface area contributed by atoms with Gasteiger partial charge in [-0.3, -0.25) is 9.79 Å². The summed E-state index contributed by atoms with van der Waals surface area (Å²) in [5.41, 5.74) is 0. The molecule has 0 heterocycles. The van der Waals surface area contributed by atoms with Crippen LogP contribution in [0.3, 0.4) is 0 Å². The van der Waals surface area contributed by atoms with Crippen LogP contribution in [0.4, 0.5) is 0 Å². The van der Waals surface area contributed by atoms with Crippen LogP contribution in [0.25, 0.3) is 0 Å². The van der Waals surface area contributed by atoms with Crippen LogP contribution in [0.2, 0.25) is 0 Å². The number of esters is 1. The maximum Gasteiger partial charge on any atom is 0.310 e. The highest BCUT2D eigenvalue weighted by atomic mass is 127. The van der Waals surface area contributed by atoms with Gasteiger partial charge in [0.2, 0.25) is 0 Å². The predicted molar refractivity (Wildman–Crippen MR) is 99.3 cm³/mol. The lowest BCUT2D eigenvalue weighted by Gasteiger charge is -2.19. The molecule has 0 amide bonds. The Labute approximate surface area is 146 Å². The minimum Gasteiger partial charge on any atom is -0.469 e. The lowest BCUT2D eigenvalue weighted by atomic mass is 9.99. The van der Waals surface area contributed by atoms with Crippen LogP contribution >= 0.6 is 24.0 Å². The van der Waals surface area contributed by atoms with Crippen molar-refractivity contribution in [2.24, 2.45) is 16.8 Å². The minimum absolute atomic E-state index is 0. The molecule has 126 valence electrons. The van der Waals surface area contributed by atoms with E-state index in [-0.39, 0.29) is 35.9 Å². The topological polar surface area (TPSA) is 62.7 Å². The van der Waals surface area contributed by atoms with Gasteiger partial charge in [-0.25, -0.2) is 0 Å². The summed E-state index contributed by atoms with van der Waals surface area (Å²) in [6.45, 7) is 7.72. The van der Waals surface area contributed by atoms with E-state index in [9.17, 15) is 4.79 Å². The molecule has 2 N–H and O–H groups in total. The van der Waals surface area contributed by atoms with E-state index in [0.717, 1.165) is 12.5 Å². The number of nitrogens with zero attached hydrogens (tertiary/aromatic N) is 1. The number of guanidine groups is 1. The van der Waals surface area contributed by atoms with E-state index in [4.69, 9.17) is 4.74 Å². The molecule has 0 fully saturated rings. The number of unbranched alkanes of at least 4 members (excludes halogenated alkanes) is 1. The van der Waals surface area contributed by atoms with Crippen molar-refractivity contribution in [2.45, 2.75) is 46.5 Å². The molecule has 0 aromatic carbocycles. The first kappa shape index (κ1) is 22.7. The highest BCUT2D eigenvalue weighted by Crippen LogP contribution is 2.11. The van der Waals surface area contributed by atoms with E-state index in [1.165, 1.54) is 32.8 Å². The smallest absolute Gasteiger partial charge is 0.310 e. The molecule has 0 spiro atoms. The Balaban J connectivity index is 0. The van der Waals surface area contributed by atoms with Crippen molar-refractivity contribution in [2.75, 3.05) is 27.2 Å². The molecule has 0 rings (SSSR count). The first-order chi connectivity index (χ1) is 9.58. The van der Waals surface area contributed by atoms with Gasteiger partial charge in [-0.2, -0.15) is 0 Å². The summed E-state index contributed by atoms with van der Waals surface area (Å²) in [4.78, 5) is 15.5. The SMILES string of the molecule is CCCCC(CC)CNC(=NC)NCC(C)C(=O)OC.I. The lowest BCUT2D eigenvalue weighted by Crippen LogP contribution is -2.42. The zero-order valence-electron chi connectivity index (χ0n) is 14.1. The van der Waals surface area contributed by atoms with Crippen LogP contribution in [-0.4, -0.2) is 39.2 Å². The summed E-state index contributed by atoms with van der Waals surface area (Å²) in [5.74, 6) is 1.03. The number of carbonyl (C=O) groups excluding carboxylic acids is 1. The van der Waals surface area contributed by atoms with Gasteiger partial charge < -0.3 is 15.4 Å². The molecule has 0 aliphatic rings. The van der Waals surface area contributed by atoms with Crippen LogP contribution < -0.4 is 10.6 Å². The van der Waals surface area contributed by atoms with Gasteiger partial charge >= 0.3 is 5.97 Å². The first-order valence-electron chi connectivity index (χ1n) is 7.61. The van der Waals surface area contributed by atoms with Crippen molar-refractivity contribution in [3.63, 3.8) is 0 Å². The number of nitrogens with one attached hydrogen (secondary N) is 2. The summed E-state index contributed by atoms with van der Waals surface area (Å²) in [7, 11) is 3.15. The molecular formula is C15H32IN3O2. The summed E-state index contributed by atoms with van der Waals surface area (Å²) < 4.78 is 4.70. The van der Waals surface area contributed by atoms with E-state index in [0.29, 0.717) is 12.5 Å².